The molecule has 14 nitrogen and oxygen atoms in total. The van der Waals surface area contributed by atoms with Crippen LogP contribution in [0.5, 0.6) is 11.5 Å². The van der Waals surface area contributed by atoms with E-state index in [9.17, 15) is 60.7 Å². The number of allylic oxidation sites excluding steroid dienone is 12. The fourth-order valence-corrected chi connectivity index (χ4v) is 7.98. The summed E-state index contributed by atoms with van der Waals surface area (Å²) in [5.41, 5.74) is 2.28. The molecule has 398 valence electrons. The number of hydrogen-bond acceptors (Lipinski definition) is 14. The Morgan fingerprint density at radius 3 is 1.36 bits per heavy atom. The van der Waals surface area contributed by atoms with Gasteiger partial charge in [0.1, 0.15) is 34.8 Å². The first-order valence-electron chi connectivity index (χ1n) is 25.0. The van der Waals surface area contributed by atoms with Gasteiger partial charge in [0.15, 0.2) is 0 Å². The molecular formula is C59H78O14. The van der Waals surface area contributed by atoms with Gasteiger partial charge in [0.25, 0.3) is 0 Å². The number of carbonyl (C=O) groups is 2. The van der Waals surface area contributed by atoms with Crippen molar-refractivity contribution in [3.63, 3.8) is 0 Å². The van der Waals surface area contributed by atoms with E-state index in [1.54, 1.807) is 116 Å². The van der Waals surface area contributed by atoms with E-state index >= 15 is 0 Å². The van der Waals surface area contributed by atoms with Crippen LogP contribution >= 0.6 is 0 Å². The van der Waals surface area contributed by atoms with Gasteiger partial charge in [-0.05, 0) is 76.1 Å². The second kappa shape index (κ2) is 33.7. The standard InChI is InChI=1S/C59H78O14/c1-5-45(61)37-53-39-49(65)29-19-27-47(63)36-51(67)33-41(3)20-12-8-6-10-14-22-43-24-16-30-54(68)56(43)58(70)72-52(34-42(4)60)38-48(64)28-18-26-46(62)35-50(66)32-40(2)21-13-9-7-11-15-23-44-25-17-31-55(69)57(44)59(71)73-53/h6-27,30-31,42,45-53,60-69H,5,28-29,32-39H2,1-4H3/b10-6+,11-7+,12-8+,13-9+,22-14-,23-15-,26-18+,27-19+,40-21+,41-20+/t42-,45-,46-,47-,48+,49?,50+,51+,52+,53+/m1/s1. The first kappa shape index (κ1) is 61.4. The SMILES string of the molecule is CC[C@@H](O)C[C@H]1CC(O)C/C=C/[C@@H](O)C[C@@H](O)C/C(C)=C/C=C/C=C/C=C\c2cccc(O)c2C(=O)O[C@@H](C[C@@H](C)O)C[C@@H](O)C/C=C/[C@@H](O)C[C@@H](O)C/C(C)=C/C=C/C=C/C=C\c2cccc(O)c2C(=O)O1. The lowest BCUT2D eigenvalue weighted by molar-refractivity contribution is -0.00345. The number of aliphatic hydroxyl groups is 8. The second-order valence-corrected chi connectivity index (χ2v) is 18.6. The number of hydrogen-bond donors (Lipinski definition) is 10. The first-order valence-corrected chi connectivity index (χ1v) is 25.0. The number of esters is 2. The summed E-state index contributed by atoms with van der Waals surface area (Å²) in [6.07, 6.45) is 22.4. The minimum absolute atomic E-state index is 0.0245. The summed E-state index contributed by atoms with van der Waals surface area (Å²) in [5, 5.41) is 106. The minimum atomic E-state index is -1.01. The van der Waals surface area contributed by atoms with Crippen molar-refractivity contribution in [2.75, 3.05) is 0 Å². The van der Waals surface area contributed by atoms with Crippen molar-refractivity contribution in [2.45, 2.75) is 159 Å². The van der Waals surface area contributed by atoms with Gasteiger partial charge in [0.2, 0.25) is 0 Å². The zero-order chi connectivity index (χ0) is 53.7. The minimum Gasteiger partial charge on any atom is -0.507 e. The van der Waals surface area contributed by atoms with Crippen molar-refractivity contribution in [1.82, 2.24) is 0 Å². The number of phenols is 2. The highest BCUT2D eigenvalue weighted by atomic mass is 16.6. The van der Waals surface area contributed by atoms with E-state index in [4.69, 9.17) is 9.47 Å². The fourth-order valence-electron chi connectivity index (χ4n) is 7.98. The molecule has 0 saturated carbocycles. The molecule has 0 aromatic heterocycles. The highest BCUT2D eigenvalue weighted by Crippen LogP contribution is 2.28. The Morgan fingerprint density at radius 2 is 0.945 bits per heavy atom. The van der Waals surface area contributed by atoms with E-state index in [0.29, 0.717) is 17.5 Å². The van der Waals surface area contributed by atoms with Crippen LogP contribution in [0.25, 0.3) is 12.2 Å². The summed E-state index contributed by atoms with van der Waals surface area (Å²) in [4.78, 5) is 27.0. The number of rotatable bonds is 5. The normalized spacial score (nSPS) is 30.5. The van der Waals surface area contributed by atoms with Crippen LogP contribution in [0.1, 0.15) is 130 Å². The molecule has 1 aliphatic rings. The number of cyclic esters (lactones) is 2. The molecule has 10 atom stereocenters. The number of ether oxygens (including phenoxy) is 2. The third-order valence-electron chi connectivity index (χ3n) is 11.7. The molecule has 0 fully saturated rings. The van der Waals surface area contributed by atoms with Crippen molar-refractivity contribution in [3.8, 4) is 11.5 Å². The van der Waals surface area contributed by atoms with Gasteiger partial charge in [-0.25, -0.2) is 9.59 Å². The molecule has 3 rings (SSSR count). The third-order valence-corrected chi connectivity index (χ3v) is 11.7. The average molecular weight is 1010 g/mol. The first-order chi connectivity index (χ1) is 34.8. The largest absolute Gasteiger partial charge is 0.507 e. The monoisotopic (exact) mass is 1010 g/mol. The van der Waals surface area contributed by atoms with E-state index in [0.717, 1.165) is 11.1 Å². The van der Waals surface area contributed by atoms with Gasteiger partial charge in [-0.1, -0.05) is 152 Å². The summed E-state index contributed by atoms with van der Waals surface area (Å²) >= 11 is 0. The smallest absolute Gasteiger partial charge is 0.342 e. The molecule has 1 unspecified atom stereocenters. The van der Waals surface area contributed by atoms with Gasteiger partial charge >= 0.3 is 11.9 Å². The molecule has 0 amide bonds. The lowest BCUT2D eigenvalue weighted by atomic mass is 10.0. The predicted octanol–water partition coefficient (Wildman–Crippen LogP) is 8.34. The predicted molar refractivity (Wildman–Crippen MR) is 285 cm³/mol. The molecule has 1 heterocycles. The molecule has 2 aromatic rings. The maximum absolute atomic E-state index is 13.5. The van der Waals surface area contributed by atoms with Crippen LogP contribution in [-0.2, 0) is 9.47 Å². The molecule has 0 radical (unpaired) electrons. The molecule has 0 spiro atoms. The number of carbonyl (C=O) groups excluding carboxylic acids is 2. The van der Waals surface area contributed by atoms with Crippen molar-refractivity contribution < 1.29 is 70.1 Å². The summed E-state index contributed by atoms with van der Waals surface area (Å²) in [5.74, 6) is -2.27. The van der Waals surface area contributed by atoms with E-state index in [-0.39, 0.29) is 86.8 Å². The van der Waals surface area contributed by atoms with Crippen molar-refractivity contribution in [2.24, 2.45) is 0 Å². The molecular weight excluding hydrogens is 933 g/mol. The summed E-state index contributed by atoms with van der Waals surface area (Å²) in [6, 6.07) is 9.16. The lowest BCUT2D eigenvalue weighted by Gasteiger charge is -2.23. The number of aromatic hydroxyl groups is 2. The zero-order valence-corrected chi connectivity index (χ0v) is 42.5. The van der Waals surface area contributed by atoms with Gasteiger partial charge in [0, 0.05) is 38.5 Å². The number of aliphatic hydroxyl groups excluding tert-OH is 8. The van der Waals surface area contributed by atoms with Gasteiger partial charge in [-0.3, -0.25) is 0 Å². The van der Waals surface area contributed by atoms with Gasteiger partial charge in [0.05, 0.1) is 48.8 Å². The van der Waals surface area contributed by atoms with Crippen LogP contribution in [0.2, 0.25) is 0 Å². The Hall–Kier alpha value is -5.94. The van der Waals surface area contributed by atoms with Crippen molar-refractivity contribution >= 4 is 24.1 Å². The highest BCUT2D eigenvalue weighted by Gasteiger charge is 2.26. The molecule has 0 aliphatic carbocycles. The van der Waals surface area contributed by atoms with Crippen LogP contribution in [0.4, 0.5) is 0 Å². The molecule has 14 heteroatoms. The van der Waals surface area contributed by atoms with Crippen molar-refractivity contribution in [1.29, 1.82) is 0 Å². The number of phenolic OH excluding ortho intramolecular Hbond substituents is 2. The Labute approximate surface area is 430 Å². The number of fused-ring (bicyclic) bond motifs is 2. The zero-order valence-electron chi connectivity index (χ0n) is 42.5. The lowest BCUT2D eigenvalue weighted by Crippen LogP contribution is -2.28. The molecule has 0 bridgehead atoms. The van der Waals surface area contributed by atoms with Crippen molar-refractivity contribution in [3.05, 3.63) is 167 Å². The summed E-state index contributed by atoms with van der Waals surface area (Å²) < 4.78 is 11.5. The van der Waals surface area contributed by atoms with E-state index in [1.165, 1.54) is 31.2 Å². The number of benzene rings is 2. The molecule has 2 aromatic carbocycles. The van der Waals surface area contributed by atoms with Gasteiger partial charge in [-0.2, -0.15) is 0 Å². The molecule has 1 aliphatic heterocycles. The van der Waals surface area contributed by atoms with Crippen LogP contribution < -0.4 is 0 Å². The van der Waals surface area contributed by atoms with Gasteiger partial charge < -0.3 is 60.5 Å². The summed E-state index contributed by atoms with van der Waals surface area (Å²) in [7, 11) is 0. The van der Waals surface area contributed by atoms with E-state index in [1.807, 2.05) is 26.0 Å². The third kappa shape index (κ3) is 25.0. The Balaban J connectivity index is 1.83. The maximum atomic E-state index is 13.5. The molecule has 0 saturated heterocycles. The molecule has 10 N–H and O–H groups in total. The molecule has 73 heavy (non-hydrogen) atoms. The van der Waals surface area contributed by atoms with Crippen LogP contribution in [0, 0.1) is 0 Å². The van der Waals surface area contributed by atoms with Crippen LogP contribution in [0.3, 0.4) is 0 Å². The van der Waals surface area contributed by atoms with Gasteiger partial charge in [-0.15, -0.1) is 0 Å². The topological polar surface area (TPSA) is 255 Å². The Kier molecular flexibility index (Phi) is 28.3. The quantitative estimate of drug-likeness (QED) is 0.0999. The van der Waals surface area contributed by atoms with Crippen LogP contribution in [0.15, 0.2) is 145 Å². The highest BCUT2D eigenvalue weighted by molar-refractivity contribution is 5.97. The Morgan fingerprint density at radius 1 is 0.548 bits per heavy atom. The fraction of sp³-hybridized carbons (Fsp3) is 0.424. The maximum Gasteiger partial charge on any atom is 0.342 e. The second-order valence-electron chi connectivity index (χ2n) is 18.6. The average Bonchev–Trinajstić information content (AvgIpc) is 3.30. The van der Waals surface area contributed by atoms with E-state index < -0.39 is 73.0 Å². The van der Waals surface area contributed by atoms with E-state index in [2.05, 4.69) is 0 Å². The van der Waals surface area contributed by atoms with Crippen LogP contribution in [-0.4, -0.2) is 124 Å². The Bertz CT molecular complexity index is 2310. The summed E-state index contributed by atoms with van der Waals surface area (Å²) in [6.45, 7) is 7.00.